The van der Waals surface area contributed by atoms with Gasteiger partial charge in [-0.2, -0.15) is 0 Å². The summed E-state index contributed by atoms with van der Waals surface area (Å²) in [5, 5.41) is 35.7. The molecule has 0 saturated carbocycles. The highest BCUT2D eigenvalue weighted by Gasteiger charge is 2.73. The number of aliphatic hydroxyl groups is 1. The standard InChI is InChI=1S/C37H24O9/c38-31(28-19-7-13-22-10-1-4-16-25(22)28)36(45,34(41)42)37(35(43)44,32(39)29-20-8-14-23-11-2-5-17-26(23)29)46-33(40)30-21-9-15-24-12-3-6-18-27(24)30/h1-21,45H,(H,41,42)(H,43,44). The Bertz CT molecular complexity index is 2220. The highest BCUT2D eigenvalue weighted by Crippen LogP contribution is 2.39. The molecule has 46 heavy (non-hydrogen) atoms. The largest absolute Gasteiger partial charge is 0.479 e. The van der Waals surface area contributed by atoms with E-state index in [0.717, 1.165) is 0 Å². The van der Waals surface area contributed by atoms with Gasteiger partial charge < -0.3 is 20.1 Å². The van der Waals surface area contributed by atoms with E-state index in [0.29, 0.717) is 21.5 Å². The Balaban J connectivity index is 1.65. The topological polar surface area (TPSA) is 155 Å². The maximum absolute atomic E-state index is 14.7. The summed E-state index contributed by atoms with van der Waals surface area (Å²) in [5.74, 6) is -9.51. The molecule has 0 aliphatic heterocycles. The zero-order valence-electron chi connectivity index (χ0n) is 23.9. The molecule has 2 atom stereocenters. The van der Waals surface area contributed by atoms with Crippen molar-refractivity contribution >= 4 is 61.8 Å². The minimum Gasteiger partial charge on any atom is -0.479 e. The maximum Gasteiger partial charge on any atom is 0.360 e. The summed E-state index contributed by atoms with van der Waals surface area (Å²) in [6.07, 6.45) is 0. The van der Waals surface area contributed by atoms with Crippen LogP contribution in [0.3, 0.4) is 0 Å². The van der Waals surface area contributed by atoms with Crippen LogP contribution in [0.1, 0.15) is 31.1 Å². The van der Waals surface area contributed by atoms with Gasteiger partial charge in [-0.05, 0) is 38.4 Å². The Labute approximate surface area is 260 Å². The van der Waals surface area contributed by atoms with Gasteiger partial charge in [-0.15, -0.1) is 0 Å². The third-order valence-electron chi connectivity index (χ3n) is 8.09. The Hall–Kier alpha value is -6.19. The van der Waals surface area contributed by atoms with E-state index in [1.54, 1.807) is 78.9 Å². The Morgan fingerprint density at radius 3 is 1.26 bits per heavy atom. The van der Waals surface area contributed by atoms with Crippen molar-refractivity contribution < 1.29 is 44.0 Å². The van der Waals surface area contributed by atoms with E-state index in [9.17, 15) is 39.3 Å². The molecule has 0 aliphatic rings. The molecule has 0 spiro atoms. The number of ether oxygens (including phenoxy) is 1. The van der Waals surface area contributed by atoms with Crippen molar-refractivity contribution in [3.05, 3.63) is 144 Å². The highest BCUT2D eigenvalue weighted by molar-refractivity contribution is 6.32. The summed E-state index contributed by atoms with van der Waals surface area (Å²) < 4.78 is 5.50. The number of rotatable bonds is 9. The van der Waals surface area contributed by atoms with Crippen LogP contribution in [-0.4, -0.2) is 56.0 Å². The number of carbonyl (C=O) groups excluding carboxylic acids is 3. The lowest BCUT2D eigenvalue weighted by Gasteiger charge is -2.38. The van der Waals surface area contributed by atoms with Crippen LogP contribution >= 0.6 is 0 Å². The highest BCUT2D eigenvalue weighted by atomic mass is 16.6. The number of esters is 1. The maximum atomic E-state index is 14.7. The summed E-state index contributed by atoms with van der Waals surface area (Å²) in [4.78, 5) is 69.7. The summed E-state index contributed by atoms with van der Waals surface area (Å²) in [6, 6.07) is 32.1. The van der Waals surface area contributed by atoms with Crippen molar-refractivity contribution in [3.8, 4) is 0 Å². The number of benzene rings is 6. The van der Waals surface area contributed by atoms with Crippen molar-refractivity contribution in [2.24, 2.45) is 0 Å². The van der Waals surface area contributed by atoms with Crippen LogP contribution in [0.15, 0.2) is 127 Å². The average Bonchev–Trinajstić information content (AvgIpc) is 3.08. The molecule has 2 unspecified atom stereocenters. The number of carboxylic acid groups (broad SMARTS) is 2. The summed E-state index contributed by atoms with van der Waals surface area (Å²) in [5.41, 5.74) is -9.18. The lowest BCUT2D eigenvalue weighted by Crippen LogP contribution is -2.73. The van der Waals surface area contributed by atoms with Crippen molar-refractivity contribution in [1.82, 2.24) is 0 Å². The van der Waals surface area contributed by atoms with Crippen LogP contribution in [0.2, 0.25) is 0 Å². The van der Waals surface area contributed by atoms with E-state index in [4.69, 9.17) is 4.74 Å². The smallest absolute Gasteiger partial charge is 0.360 e. The number of Topliss-reactive ketones (excluding diaryl/α,β-unsaturated/α-hetero) is 2. The molecule has 0 fully saturated rings. The van der Waals surface area contributed by atoms with Crippen molar-refractivity contribution in [2.45, 2.75) is 11.2 Å². The zero-order valence-corrected chi connectivity index (χ0v) is 23.9. The molecule has 0 amide bonds. The number of hydrogen-bond acceptors (Lipinski definition) is 7. The number of hydrogen-bond donors (Lipinski definition) is 3. The first-order valence-electron chi connectivity index (χ1n) is 14.1. The molecule has 0 heterocycles. The number of carboxylic acids is 2. The van der Waals surface area contributed by atoms with Gasteiger partial charge >= 0.3 is 23.5 Å². The summed E-state index contributed by atoms with van der Waals surface area (Å²) >= 11 is 0. The zero-order chi connectivity index (χ0) is 32.6. The average molecular weight is 613 g/mol. The quantitative estimate of drug-likeness (QED) is 0.106. The van der Waals surface area contributed by atoms with E-state index in [-0.39, 0.29) is 16.3 Å². The molecular weight excluding hydrogens is 588 g/mol. The third-order valence-corrected chi connectivity index (χ3v) is 8.09. The van der Waals surface area contributed by atoms with E-state index in [2.05, 4.69) is 0 Å². The number of fused-ring (bicyclic) bond motifs is 3. The normalized spacial score (nSPS) is 13.8. The molecule has 226 valence electrons. The molecule has 3 N–H and O–H groups in total. The predicted octanol–water partition coefficient (Wildman–Crippen LogP) is 5.71. The summed E-state index contributed by atoms with van der Waals surface area (Å²) in [6.45, 7) is 0. The second-order valence-corrected chi connectivity index (χ2v) is 10.6. The van der Waals surface area contributed by atoms with Gasteiger partial charge in [-0.3, -0.25) is 9.59 Å². The van der Waals surface area contributed by atoms with Gasteiger partial charge in [-0.25, -0.2) is 14.4 Å². The van der Waals surface area contributed by atoms with E-state index < -0.39 is 51.8 Å². The molecule has 6 aromatic carbocycles. The Morgan fingerprint density at radius 1 is 0.457 bits per heavy atom. The van der Waals surface area contributed by atoms with Crippen LogP contribution in [0.4, 0.5) is 0 Å². The molecule has 0 bridgehead atoms. The van der Waals surface area contributed by atoms with Gasteiger partial charge in [0.1, 0.15) is 0 Å². The monoisotopic (exact) mass is 612 g/mol. The Kier molecular flexibility index (Phi) is 7.39. The van der Waals surface area contributed by atoms with Crippen LogP contribution in [-0.2, 0) is 14.3 Å². The first-order valence-corrected chi connectivity index (χ1v) is 14.1. The fourth-order valence-corrected chi connectivity index (χ4v) is 5.82. The van der Waals surface area contributed by atoms with Crippen LogP contribution in [0, 0.1) is 0 Å². The summed E-state index contributed by atoms with van der Waals surface area (Å²) in [7, 11) is 0. The molecule has 9 heteroatoms. The molecule has 9 nitrogen and oxygen atoms in total. The van der Waals surface area contributed by atoms with Crippen molar-refractivity contribution in [2.75, 3.05) is 0 Å². The minimum atomic E-state index is -4.16. The van der Waals surface area contributed by atoms with Gasteiger partial charge in [0.2, 0.25) is 11.6 Å². The Morgan fingerprint density at radius 2 is 0.826 bits per heavy atom. The molecular formula is C37H24O9. The second kappa shape index (κ2) is 11.4. The first-order chi connectivity index (χ1) is 22.1. The molecule has 0 aliphatic carbocycles. The van der Waals surface area contributed by atoms with Gasteiger partial charge in [0.15, 0.2) is 0 Å². The predicted molar refractivity (Wildman–Crippen MR) is 169 cm³/mol. The first kappa shape index (κ1) is 29.9. The minimum absolute atomic E-state index is 0.173. The fraction of sp³-hybridized carbons (Fsp3) is 0.0541. The van der Waals surface area contributed by atoms with E-state index in [1.165, 1.54) is 48.5 Å². The van der Waals surface area contributed by atoms with Crippen LogP contribution in [0.5, 0.6) is 0 Å². The SMILES string of the molecule is O=C(OC(C(=O)O)(C(=O)c1cccc2ccccc12)C(O)(C(=O)O)C(=O)c1cccc2ccccc12)c1cccc2ccccc12. The van der Waals surface area contributed by atoms with Gasteiger partial charge in [0.25, 0.3) is 5.60 Å². The second-order valence-electron chi connectivity index (χ2n) is 10.6. The fourth-order valence-electron chi connectivity index (χ4n) is 5.82. The number of carbonyl (C=O) groups is 5. The lowest BCUT2D eigenvalue weighted by atomic mass is 9.71. The third kappa shape index (κ3) is 4.49. The number of aliphatic carboxylic acids is 2. The molecule has 0 saturated heterocycles. The van der Waals surface area contributed by atoms with Gasteiger partial charge in [0.05, 0.1) is 5.56 Å². The van der Waals surface area contributed by atoms with Crippen LogP contribution < -0.4 is 0 Å². The van der Waals surface area contributed by atoms with E-state index >= 15 is 0 Å². The van der Waals surface area contributed by atoms with Crippen molar-refractivity contribution in [1.29, 1.82) is 0 Å². The van der Waals surface area contributed by atoms with Crippen molar-refractivity contribution in [3.63, 3.8) is 0 Å². The van der Waals surface area contributed by atoms with Gasteiger partial charge in [-0.1, -0.05) is 121 Å². The van der Waals surface area contributed by atoms with Crippen LogP contribution in [0.25, 0.3) is 32.3 Å². The molecule has 0 radical (unpaired) electrons. The number of ketones is 2. The molecule has 6 rings (SSSR count). The van der Waals surface area contributed by atoms with Gasteiger partial charge in [0, 0.05) is 11.1 Å². The molecule has 6 aromatic rings. The lowest BCUT2D eigenvalue weighted by molar-refractivity contribution is -0.187. The molecule has 0 aromatic heterocycles. The van der Waals surface area contributed by atoms with E-state index in [1.807, 2.05) is 0 Å².